The van der Waals surface area contributed by atoms with Crippen molar-refractivity contribution in [2.45, 2.75) is 51.2 Å². The van der Waals surface area contributed by atoms with E-state index in [0.717, 1.165) is 6.42 Å². The van der Waals surface area contributed by atoms with Crippen LogP contribution in [0.4, 0.5) is 0 Å². The van der Waals surface area contributed by atoms with E-state index in [1.54, 1.807) is 4.57 Å². The SMILES string of the molecule is CCC(C)c1nnc(S(=O)(=O)Cl)n1C(C)C. The van der Waals surface area contributed by atoms with Crippen molar-refractivity contribution in [3.8, 4) is 0 Å². The molecule has 92 valence electrons. The molecule has 0 saturated carbocycles. The molecular formula is C9H16ClN3O2S. The van der Waals surface area contributed by atoms with Crippen LogP contribution in [0.25, 0.3) is 0 Å². The smallest absolute Gasteiger partial charge is 0.296 e. The highest BCUT2D eigenvalue weighted by Gasteiger charge is 2.25. The highest BCUT2D eigenvalue weighted by Crippen LogP contribution is 2.25. The fraction of sp³-hybridized carbons (Fsp3) is 0.778. The Bertz CT molecular complexity index is 467. The van der Waals surface area contributed by atoms with E-state index in [4.69, 9.17) is 10.7 Å². The highest BCUT2D eigenvalue weighted by atomic mass is 35.7. The minimum atomic E-state index is -3.84. The monoisotopic (exact) mass is 265 g/mol. The second kappa shape index (κ2) is 4.71. The molecule has 1 atom stereocenters. The molecule has 0 radical (unpaired) electrons. The molecule has 0 N–H and O–H groups in total. The van der Waals surface area contributed by atoms with E-state index >= 15 is 0 Å². The van der Waals surface area contributed by atoms with Crippen molar-refractivity contribution in [3.05, 3.63) is 5.82 Å². The maximum absolute atomic E-state index is 11.3. The Balaban J connectivity index is 3.40. The van der Waals surface area contributed by atoms with Crippen molar-refractivity contribution >= 4 is 19.7 Å². The molecule has 1 heterocycles. The number of halogens is 1. The van der Waals surface area contributed by atoms with Gasteiger partial charge >= 0.3 is 0 Å². The topological polar surface area (TPSA) is 64.8 Å². The van der Waals surface area contributed by atoms with Crippen molar-refractivity contribution in [2.75, 3.05) is 0 Å². The molecular weight excluding hydrogens is 250 g/mol. The summed E-state index contributed by atoms with van der Waals surface area (Å²) in [6.07, 6.45) is 0.868. The Morgan fingerprint density at radius 3 is 2.25 bits per heavy atom. The lowest BCUT2D eigenvalue weighted by molar-refractivity contribution is 0.489. The van der Waals surface area contributed by atoms with Crippen molar-refractivity contribution in [2.24, 2.45) is 0 Å². The molecule has 1 aromatic heterocycles. The Morgan fingerprint density at radius 1 is 1.31 bits per heavy atom. The van der Waals surface area contributed by atoms with E-state index in [9.17, 15) is 8.42 Å². The second-order valence-electron chi connectivity index (χ2n) is 4.05. The Hall–Kier alpha value is -0.620. The zero-order chi connectivity index (χ0) is 12.5. The summed E-state index contributed by atoms with van der Waals surface area (Å²) in [6, 6.07) is -0.0393. The van der Waals surface area contributed by atoms with Crippen molar-refractivity contribution in [1.82, 2.24) is 14.8 Å². The zero-order valence-corrected chi connectivity index (χ0v) is 11.4. The maximum atomic E-state index is 11.3. The van der Waals surface area contributed by atoms with Gasteiger partial charge in [-0.05, 0) is 20.3 Å². The second-order valence-corrected chi connectivity index (χ2v) is 6.51. The van der Waals surface area contributed by atoms with Gasteiger partial charge in [-0.15, -0.1) is 10.2 Å². The molecule has 0 bridgehead atoms. The molecule has 0 amide bonds. The first-order valence-electron chi connectivity index (χ1n) is 5.18. The zero-order valence-electron chi connectivity index (χ0n) is 9.81. The van der Waals surface area contributed by atoms with Crippen LogP contribution >= 0.6 is 10.7 Å². The summed E-state index contributed by atoms with van der Waals surface area (Å²) in [6.45, 7) is 7.74. The summed E-state index contributed by atoms with van der Waals surface area (Å²) in [5, 5.41) is 7.43. The lowest BCUT2D eigenvalue weighted by Crippen LogP contribution is -2.13. The van der Waals surface area contributed by atoms with E-state index in [0.29, 0.717) is 5.82 Å². The lowest BCUT2D eigenvalue weighted by Gasteiger charge is -2.15. The number of nitrogens with zero attached hydrogens (tertiary/aromatic N) is 3. The van der Waals surface area contributed by atoms with Gasteiger partial charge in [-0.2, -0.15) is 0 Å². The van der Waals surface area contributed by atoms with Gasteiger partial charge in [-0.3, -0.25) is 4.57 Å². The fourth-order valence-electron chi connectivity index (χ4n) is 1.46. The van der Waals surface area contributed by atoms with Gasteiger partial charge in [0.05, 0.1) is 0 Å². The minimum Gasteiger partial charge on any atom is -0.298 e. The van der Waals surface area contributed by atoms with Crippen LogP contribution < -0.4 is 0 Å². The Labute approximate surface area is 100 Å². The van der Waals surface area contributed by atoms with Crippen LogP contribution in [0.1, 0.15) is 51.9 Å². The van der Waals surface area contributed by atoms with Gasteiger partial charge in [0.1, 0.15) is 5.82 Å². The third-order valence-corrected chi connectivity index (χ3v) is 3.61. The maximum Gasteiger partial charge on any atom is 0.296 e. The summed E-state index contributed by atoms with van der Waals surface area (Å²) < 4.78 is 24.2. The standard InChI is InChI=1S/C9H16ClN3O2S/c1-5-7(4)8-11-12-9(16(10,14)15)13(8)6(2)3/h6-7H,5H2,1-4H3. The Kier molecular flexibility index (Phi) is 3.96. The van der Waals surface area contributed by atoms with E-state index < -0.39 is 9.05 Å². The normalized spacial score (nSPS) is 14.4. The molecule has 0 aliphatic carbocycles. The van der Waals surface area contributed by atoms with E-state index in [1.807, 2.05) is 27.7 Å². The molecule has 5 nitrogen and oxygen atoms in total. The number of hydrogen-bond donors (Lipinski definition) is 0. The Morgan fingerprint density at radius 2 is 1.88 bits per heavy atom. The predicted molar refractivity (Wildman–Crippen MR) is 62.2 cm³/mol. The highest BCUT2D eigenvalue weighted by molar-refractivity contribution is 8.13. The summed E-state index contributed by atoms with van der Waals surface area (Å²) in [4.78, 5) is 0. The van der Waals surface area contributed by atoms with E-state index in [2.05, 4.69) is 10.2 Å². The molecule has 0 spiro atoms. The quantitative estimate of drug-likeness (QED) is 0.784. The van der Waals surface area contributed by atoms with E-state index in [1.165, 1.54) is 0 Å². The van der Waals surface area contributed by atoms with Crippen LogP contribution in [0.2, 0.25) is 0 Å². The van der Waals surface area contributed by atoms with Crippen molar-refractivity contribution in [3.63, 3.8) is 0 Å². The van der Waals surface area contributed by atoms with Crippen LogP contribution in [0.3, 0.4) is 0 Å². The first kappa shape index (κ1) is 13.4. The molecule has 1 aromatic rings. The lowest BCUT2D eigenvalue weighted by atomic mass is 10.1. The van der Waals surface area contributed by atoms with Gasteiger partial charge in [0.2, 0.25) is 0 Å². The third-order valence-electron chi connectivity index (χ3n) is 2.48. The van der Waals surface area contributed by atoms with Gasteiger partial charge < -0.3 is 0 Å². The molecule has 0 fully saturated rings. The van der Waals surface area contributed by atoms with Crippen LogP contribution in [0.15, 0.2) is 5.16 Å². The number of aromatic nitrogens is 3. The predicted octanol–water partition coefficient (Wildman–Crippen LogP) is 2.30. The van der Waals surface area contributed by atoms with Crippen LogP contribution in [-0.2, 0) is 9.05 Å². The van der Waals surface area contributed by atoms with Crippen LogP contribution in [-0.4, -0.2) is 23.2 Å². The number of hydrogen-bond acceptors (Lipinski definition) is 4. The molecule has 0 aliphatic rings. The first-order chi connectivity index (χ1) is 7.29. The van der Waals surface area contributed by atoms with Crippen LogP contribution in [0, 0.1) is 0 Å². The van der Waals surface area contributed by atoms with Gasteiger partial charge in [0.15, 0.2) is 0 Å². The van der Waals surface area contributed by atoms with Gasteiger partial charge in [0, 0.05) is 22.6 Å². The summed E-state index contributed by atoms with van der Waals surface area (Å²) in [7, 11) is 1.48. The summed E-state index contributed by atoms with van der Waals surface area (Å²) in [5.41, 5.74) is 0. The molecule has 1 rings (SSSR count). The van der Waals surface area contributed by atoms with Gasteiger partial charge in [0.25, 0.3) is 14.2 Å². The summed E-state index contributed by atoms with van der Waals surface area (Å²) >= 11 is 0. The van der Waals surface area contributed by atoms with E-state index in [-0.39, 0.29) is 17.1 Å². The van der Waals surface area contributed by atoms with Crippen LogP contribution in [0.5, 0.6) is 0 Å². The first-order valence-corrected chi connectivity index (χ1v) is 7.49. The van der Waals surface area contributed by atoms with Crippen molar-refractivity contribution in [1.29, 1.82) is 0 Å². The molecule has 1 unspecified atom stereocenters. The molecule has 0 aromatic carbocycles. The molecule has 0 saturated heterocycles. The van der Waals surface area contributed by atoms with Crippen molar-refractivity contribution < 1.29 is 8.42 Å². The molecule has 7 heteroatoms. The van der Waals surface area contributed by atoms with Gasteiger partial charge in [-0.25, -0.2) is 8.42 Å². The third kappa shape index (κ3) is 2.55. The van der Waals surface area contributed by atoms with Gasteiger partial charge in [-0.1, -0.05) is 13.8 Å². The average molecular weight is 266 g/mol. The number of rotatable bonds is 4. The summed E-state index contributed by atoms with van der Waals surface area (Å²) in [5.74, 6) is 0.818. The largest absolute Gasteiger partial charge is 0.298 e. The molecule has 16 heavy (non-hydrogen) atoms. The fourth-order valence-corrected chi connectivity index (χ4v) is 2.45. The minimum absolute atomic E-state index is 0.0393. The molecule has 0 aliphatic heterocycles. The average Bonchev–Trinajstić information content (AvgIpc) is 2.59.